The van der Waals surface area contributed by atoms with Crippen molar-refractivity contribution in [3.63, 3.8) is 0 Å². The van der Waals surface area contributed by atoms with Crippen molar-refractivity contribution in [2.45, 2.75) is 25.8 Å². The van der Waals surface area contributed by atoms with Gasteiger partial charge in [0.2, 0.25) is 5.91 Å². The third kappa shape index (κ3) is 2.46. The fourth-order valence-corrected chi connectivity index (χ4v) is 2.36. The number of ketones is 1. The molecule has 0 N–H and O–H groups in total. The Labute approximate surface area is 82.9 Å². The number of amides is 1. The molecule has 0 bridgehead atoms. The highest BCUT2D eigenvalue weighted by Gasteiger charge is 2.31. The van der Waals surface area contributed by atoms with Gasteiger partial charge in [-0.3, -0.25) is 9.59 Å². The Balaban J connectivity index is 2.58. The second kappa shape index (κ2) is 4.65. The van der Waals surface area contributed by atoms with Crippen LogP contribution < -0.4 is 0 Å². The van der Waals surface area contributed by atoms with Crippen molar-refractivity contribution in [3.05, 3.63) is 0 Å². The van der Waals surface area contributed by atoms with Crippen LogP contribution in [-0.2, 0) is 9.59 Å². The lowest BCUT2D eigenvalue weighted by atomic mass is 10.2. The zero-order chi connectivity index (χ0) is 9.84. The highest BCUT2D eigenvalue weighted by Crippen LogP contribution is 2.16. The molecule has 1 saturated heterocycles. The maximum absolute atomic E-state index is 11.4. The number of carbonyl (C=O) groups excluding carboxylic acids is 2. The number of hydrogen-bond donors (Lipinski definition) is 0. The summed E-state index contributed by atoms with van der Waals surface area (Å²) in [6, 6.07) is 0.244. The predicted octanol–water partition coefficient (Wildman–Crippen LogP) is 0.929. The van der Waals surface area contributed by atoms with Gasteiger partial charge in [-0.05, 0) is 12.7 Å². The number of hydrogen-bond acceptors (Lipinski definition) is 3. The lowest BCUT2D eigenvalue weighted by Crippen LogP contribution is -2.37. The summed E-state index contributed by atoms with van der Waals surface area (Å²) >= 11 is 1.72. The first kappa shape index (κ1) is 10.6. The van der Waals surface area contributed by atoms with Gasteiger partial charge in [0, 0.05) is 11.8 Å². The molecule has 1 heterocycles. The summed E-state index contributed by atoms with van der Waals surface area (Å²) in [4.78, 5) is 24.1. The average molecular weight is 201 g/mol. The van der Waals surface area contributed by atoms with Crippen LogP contribution in [0.5, 0.6) is 0 Å². The molecule has 3 nitrogen and oxygen atoms in total. The Morgan fingerprint density at radius 1 is 1.54 bits per heavy atom. The van der Waals surface area contributed by atoms with Gasteiger partial charge < -0.3 is 4.90 Å². The monoisotopic (exact) mass is 201 g/mol. The number of nitrogens with zero attached hydrogens (tertiary/aromatic N) is 1. The number of carbonyl (C=O) groups is 2. The van der Waals surface area contributed by atoms with E-state index in [4.69, 9.17) is 0 Å². The van der Waals surface area contributed by atoms with Crippen LogP contribution in [0.1, 0.15) is 19.8 Å². The molecule has 0 aromatic rings. The summed E-state index contributed by atoms with van der Waals surface area (Å²) in [5.74, 6) is 0.991. The largest absolute Gasteiger partial charge is 0.331 e. The lowest BCUT2D eigenvalue weighted by molar-refractivity contribution is -0.129. The average Bonchev–Trinajstić information content (AvgIpc) is 2.41. The van der Waals surface area contributed by atoms with E-state index in [-0.39, 0.29) is 24.2 Å². The SMILES string of the molecule is CCC(CSC)N1CC(=O)CC1=O. The van der Waals surface area contributed by atoms with Gasteiger partial charge in [0.15, 0.2) is 5.78 Å². The smallest absolute Gasteiger partial charge is 0.230 e. The van der Waals surface area contributed by atoms with Crippen LogP contribution in [0.4, 0.5) is 0 Å². The number of thioether (sulfide) groups is 1. The van der Waals surface area contributed by atoms with Gasteiger partial charge in [-0.1, -0.05) is 6.92 Å². The molecule has 0 saturated carbocycles. The highest BCUT2D eigenvalue weighted by atomic mass is 32.2. The first-order valence-electron chi connectivity index (χ1n) is 4.49. The van der Waals surface area contributed by atoms with E-state index in [1.807, 2.05) is 6.26 Å². The molecule has 1 unspecified atom stereocenters. The van der Waals surface area contributed by atoms with E-state index in [0.29, 0.717) is 6.54 Å². The van der Waals surface area contributed by atoms with E-state index >= 15 is 0 Å². The summed E-state index contributed by atoms with van der Waals surface area (Å²) in [6.07, 6.45) is 3.07. The van der Waals surface area contributed by atoms with Gasteiger partial charge >= 0.3 is 0 Å². The molecular weight excluding hydrogens is 186 g/mol. The Bertz CT molecular complexity index is 218. The summed E-state index contributed by atoms with van der Waals surface area (Å²) in [5, 5.41) is 0. The van der Waals surface area contributed by atoms with Crippen molar-refractivity contribution in [1.82, 2.24) is 4.90 Å². The summed E-state index contributed by atoms with van der Waals surface area (Å²) in [7, 11) is 0. The van der Waals surface area contributed by atoms with E-state index in [9.17, 15) is 9.59 Å². The fraction of sp³-hybridized carbons (Fsp3) is 0.778. The van der Waals surface area contributed by atoms with E-state index in [1.165, 1.54) is 0 Å². The van der Waals surface area contributed by atoms with Crippen molar-refractivity contribution in [1.29, 1.82) is 0 Å². The quantitative estimate of drug-likeness (QED) is 0.635. The van der Waals surface area contributed by atoms with Crippen LogP contribution >= 0.6 is 11.8 Å². The third-order valence-corrected chi connectivity index (χ3v) is 3.00. The molecule has 1 aliphatic heterocycles. The Morgan fingerprint density at radius 3 is 2.62 bits per heavy atom. The molecule has 74 valence electrons. The first-order chi connectivity index (χ1) is 6.19. The van der Waals surface area contributed by atoms with Gasteiger partial charge in [-0.25, -0.2) is 0 Å². The van der Waals surface area contributed by atoms with Gasteiger partial charge in [-0.15, -0.1) is 0 Å². The molecule has 0 aliphatic carbocycles. The minimum Gasteiger partial charge on any atom is -0.331 e. The summed E-state index contributed by atoms with van der Waals surface area (Å²) < 4.78 is 0. The maximum atomic E-state index is 11.4. The topological polar surface area (TPSA) is 37.4 Å². The summed E-state index contributed by atoms with van der Waals surface area (Å²) in [5.41, 5.74) is 0. The molecule has 4 heteroatoms. The van der Waals surface area contributed by atoms with Gasteiger partial charge in [0.25, 0.3) is 0 Å². The predicted molar refractivity (Wildman–Crippen MR) is 53.8 cm³/mol. The Morgan fingerprint density at radius 2 is 2.23 bits per heavy atom. The van der Waals surface area contributed by atoms with Crippen LogP contribution in [0.15, 0.2) is 0 Å². The normalized spacial score (nSPS) is 19.7. The standard InChI is InChI=1S/C9H15NO2S/c1-3-7(6-13-2)10-5-8(11)4-9(10)12/h7H,3-6H2,1-2H3. The molecular formula is C9H15NO2S. The maximum Gasteiger partial charge on any atom is 0.230 e. The molecule has 0 aromatic carbocycles. The van der Waals surface area contributed by atoms with Crippen molar-refractivity contribution >= 4 is 23.5 Å². The Kier molecular flexibility index (Phi) is 3.78. The third-order valence-electron chi connectivity index (χ3n) is 2.29. The van der Waals surface area contributed by atoms with Gasteiger partial charge in [0.05, 0.1) is 13.0 Å². The van der Waals surface area contributed by atoms with Crippen LogP contribution in [0.3, 0.4) is 0 Å². The van der Waals surface area contributed by atoms with E-state index in [0.717, 1.165) is 12.2 Å². The second-order valence-corrected chi connectivity index (χ2v) is 4.17. The molecule has 1 aliphatic rings. The first-order valence-corrected chi connectivity index (χ1v) is 5.88. The number of likely N-dealkylation sites (tertiary alicyclic amines) is 1. The highest BCUT2D eigenvalue weighted by molar-refractivity contribution is 7.98. The lowest BCUT2D eigenvalue weighted by Gasteiger charge is -2.25. The van der Waals surface area contributed by atoms with Crippen LogP contribution in [-0.4, -0.2) is 41.2 Å². The van der Waals surface area contributed by atoms with Crippen molar-refractivity contribution in [3.8, 4) is 0 Å². The zero-order valence-electron chi connectivity index (χ0n) is 8.08. The zero-order valence-corrected chi connectivity index (χ0v) is 8.89. The van der Waals surface area contributed by atoms with E-state index in [1.54, 1.807) is 16.7 Å². The molecule has 1 rings (SSSR count). The molecule has 1 amide bonds. The van der Waals surface area contributed by atoms with E-state index < -0.39 is 0 Å². The van der Waals surface area contributed by atoms with Crippen LogP contribution in [0.25, 0.3) is 0 Å². The summed E-state index contributed by atoms with van der Waals surface area (Å²) in [6.45, 7) is 2.38. The second-order valence-electron chi connectivity index (χ2n) is 3.25. The van der Waals surface area contributed by atoms with E-state index in [2.05, 4.69) is 6.92 Å². The van der Waals surface area contributed by atoms with Crippen LogP contribution in [0.2, 0.25) is 0 Å². The molecule has 0 spiro atoms. The van der Waals surface area contributed by atoms with Crippen LogP contribution in [0, 0.1) is 0 Å². The number of rotatable bonds is 4. The van der Waals surface area contributed by atoms with Gasteiger partial charge in [-0.2, -0.15) is 11.8 Å². The van der Waals surface area contributed by atoms with Crippen molar-refractivity contribution in [2.75, 3.05) is 18.6 Å². The van der Waals surface area contributed by atoms with Crippen molar-refractivity contribution < 1.29 is 9.59 Å². The molecule has 13 heavy (non-hydrogen) atoms. The number of Topliss-reactive ketones (excluding diaryl/α,β-unsaturated/α-hetero) is 1. The molecule has 0 radical (unpaired) electrons. The fourth-order valence-electron chi connectivity index (χ4n) is 1.56. The minimum atomic E-state index is 0.00546. The molecule has 1 atom stereocenters. The van der Waals surface area contributed by atoms with Crippen molar-refractivity contribution in [2.24, 2.45) is 0 Å². The van der Waals surface area contributed by atoms with Gasteiger partial charge in [0.1, 0.15) is 0 Å². The Hall–Kier alpha value is -0.510. The molecule has 1 fully saturated rings. The molecule has 0 aromatic heterocycles. The minimum absolute atomic E-state index is 0.00546.